The average Bonchev–Trinajstić information content (AvgIpc) is 3.02. The first kappa shape index (κ1) is 11.9. The molecule has 8 nitrogen and oxygen atoms in total. The molecule has 1 aliphatic heterocycles. The van der Waals surface area contributed by atoms with E-state index in [2.05, 4.69) is 15.6 Å². The monoisotopic (exact) mass is 265 g/mol. The molecule has 19 heavy (non-hydrogen) atoms. The van der Waals surface area contributed by atoms with Crippen LogP contribution in [0.2, 0.25) is 0 Å². The van der Waals surface area contributed by atoms with E-state index in [-0.39, 0.29) is 17.8 Å². The lowest BCUT2D eigenvalue weighted by Gasteiger charge is -2.38. The molecule has 0 atom stereocenters. The Kier molecular flexibility index (Phi) is 2.84. The van der Waals surface area contributed by atoms with Crippen LogP contribution in [-0.2, 0) is 0 Å². The minimum absolute atomic E-state index is 0.0206. The van der Waals surface area contributed by atoms with E-state index < -0.39 is 5.97 Å². The SMILES string of the molecule is O=C(O)c1cn(C2CN(C(=O)NCC3CC3)C2)nn1. The van der Waals surface area contributed by atoms with Gasteiger partial charge in [0.25, 0.3) is 0 Å². The third-order valence-electron chi connectivity index (χ3n) is 3.49. The summed E-state index contributed by atoms with van der Waals surface area (Å²) in [4.78, 5) is 24.1. The van der Waals surface area contributed by atoms with E-state index in [0.717, 1.165) is 6.54 Å². The highest BCUT2D eigenvalue weighted by Crippen LogP contribution is 2.28. The summed E-state index contributed by atoms with van der Waals surface area (Å²) in [6, 6.07) is -0.0333. The van der Waals surface area contributed by atoms with E-state index in [1.54, 1.807) is 4.90 Å². The van der Waals surface area contributed by atoms with Crippen LogP contribution in [0.3, 0.4) is 0 Å². The minimum Gasteiger partial charge on any atom is -0.476 e. The Morgan fingerprint density at radius 3 is 2.74 bits per heavy atom. The number of hydrogen-bond acceptors (Lipinski definition) is 4. The Hall–Kier alpha value is -2.12. The molecule has 0 aromatic carbocycles. The molecule has 2 aliphatic rings. The summed E-state index contributed by atoms with van der Waals surface area (Å²) in [7, 11) is 0. The first-order valence-corrected chi connectivity index (χ1v) is 6.31. The molecule has 8 heteroatoms. The van der Waals surface area contributed by atoms with Crippen LogP contribution in [0.5, 0.6) is 0 Å². The van der Waals surface area contributed by atoms with Crippen LogP contribution in [0.1, 0.15) is 29.4 Å². The zero-order valence-corrected chi connectivity index (χ0v) is 10.3. The Morgan fingerprint density at radius 1 is 1.42 bits per heavy atom. The highest BCUT2D eigenvalue weighted by atomic mass is 16.4. The van der Waals surface area contributed by atoms with E-state index in [0.29, 0.717) is 19.0 Å². The van der Waals surface area contributed by atoms with Crippen LogP contribution in [-0.4, -0.2) is 56.6 Å². The number of rotatable bonds is 4. The molecule has 2 heterocycles. The van der Waals surface area contributed by atoms with Gasteiger partial charge in [0, 0.05) is 19.6 Å². The summed E-state index contributed by atoms with van der Waals surface area (Å²) in [6.07, 6.45) is 3.81. The van der Waals surface area contributed by atoms with Crippen molar-refractivity contribution in [1.82, 2.24) is 25.2 Å². The van der Waals surface area contributed by atoms with E-state index in [1.807, 2.05) is 0 Å². The number of likely N-dealkylation sites (tertiary alicyclic amines) is 1. The lowest BCUT2D eigenvalue weighted by Crippen LogP contribution is -2.54. The van der Waals surface area contributed by atoms with Crippen molar-refractivity contribution in [1.29, 1.82) is 0 Å². The van der Waals surface area contributed by atoms with Crippen molar-refractivity contribution in [3.05, 3.63) is 11.9 Å². The lowest BCUT2D eigenvalue weighted by molar-refractivity contribution is 0.0690. The molecule has 2 fully saturated rings. The van der Waals surface area contributed by atoms with Gasteiger partial charge in [0.15, 0.2) is 5.69 Å². The maximum atomic E-state index is 11.7. The molecule has 1 aromatic heterocycles. The van der Waals surface area contributed by atoms with Gasteiger partial charge in [0.2, 0.25) is 0 Å². The average molecular weight is 265 g/mol. The molecular weight excluding hydrogens is 250 g/mol. The number of amides is 2. The molecule has 0 radical (unpaired) electrons. The molecule has 0 bridgehead atoms. The van der Waals surface area contributed by atoms with Gasteiger partial charge in [-0.15, -0.1) is 5.10 Å². The van der Waals surface area contributed by atoms with E-state index >= 15 is 0 Å². The highest BCUT2D eigenvalue weighted by Gasteiger charge is 2.33. The molecule has 1 saturated heterocycles. The molecule has 0 spiro atoms. The quantitative estimate of drug-likeness (QED) is 0.795. The summed E-state index contributed by atoms with van der Waals surface area (Å²) in [6.45, 7) is 1.84. The van der Waals surface area contributed by atoms with Crippen LogP contribution in [0, 0.1) is 5.92 Å². The molecule has 1 aliphatic carbocycles. The molecule has 1 saturated carbocycles. The molecule has 0 unspecified atom stereocenters. The van der Waals surface area contributed by atoms with Crippen molar-refractivity contribution in [2.75, 3.05) is 19.6 Å². The van der Waals surface area contributed by atoms with Crippen LogP contribution in [0.4, 0.5) is 4.79 Å². The summed E-state index contributed by atoms with van der Waals surface area (Å²) in [5, 5.41) is 19.0. The zero-order valence-electron chi connectivity index (χ0n) is 10.3. The molecule has 3 rings (SSSR count). The number of aromatic carboxylic acids is 1. The van der Waals surface area contributed by atoms with Gasteiger partial charge in [-0.05, 0) is 18.8 Å². The molecule has 102 valence electrons. The lowest BCUT2D eigenvalue weighted by atomic mass is 10.1. The molecule has 1 aromatic rings. The van der Waals surface area contributed by atoms with Crippen LogP contribution in [0.25, 0.3) is 0 Å². The standard InChI is InChI=1S/C11H15N5O3/c17-10(18)9-6-16(14-13-9)8-4-15(5-8)11(19)12-3-7-1-2-7/h6-8H,1-5H2,(H,12,19)(H,17,18). The van der Waals surface area contributed by atoms with E-state index in [4.69, 9.17) is 5.11 Å². The Morgan fingerprint density at radius 2 is 2.16 bits per heavy atom. The van der Waals surface area contributed by atoms with Crippen LogP contribution >= 0.6 is 0 Å². The first-order chi connectivity index (χ1) is 9.13. The molecule has 2 N–H and O–H groups in total. The second kappa shape index (κ2) is 4.52. The minimum atomic E-state index is -1.09. The number of urea groups is 1. The van der Waals surface area contributed by atoms with Crippen LogP contribution in [0.15, 0.2) is 6.20 Å². The third-order valence-corrected chi connectivity index (χ3v) is 3.49. The third kappa shape index (κ3) is 2.51. The number of carbonyl (C=O) groups is 2. The van der Waals surface area contributed by atoms with Gasteiger partial charge in [0.05, 0.1) is 12.2 Å². The number of hydrogen-bond donors (Lipinski definition) is 2. The number of nitrogens with one attached hydrogen (secondary N) is 1. The van der Waals surface area contributed by atoms with Crippen LogP contribution < -0.4 is 5.32 Å². The number of carboxylic acids is 1. The maximum absolute atomic E-state index is 11.7. The molecule has 2 amide bonds. The van der Waals surface area contributed by atoms with Gasteiger partial charge < -0.3 is 15.3 Å². The van der Waals surface area contributed by atoms with Crippen molar-refractivity contribution >= 4 is 12.0 Å². The van der Waals surface area contributed by atoms with Crippen molar-refractivity contribution < 1.29 is 14.7 Å². The number of carboxylic acid groups (broad SMARTS) is 1. The van der Waals surface area contributed by atoms with Crippen molar-refractivity contribution in [2.24, 2.45) is 5.92 Å². The Labute approximate surface area is 109 Å². The molecular formula is C11H15N5O3. The topological polar surface area (TPSA) is 100 Å². The fraction of sp³-hybridized carbons (Fsp3) is 0.636. The second-order valence-corrected chi connectivity index (χ2v) is 5.08. The fourth-order valence-electron chi connectivity index (χ4n) is 2.01. The zero-order chi connectivity index (χ0) is 13.4. The van der Waals surface area contributed by atoms with Crippen molar-refractivity contribution in [3.63, 3.8) is 0 Å². The van der Waals surface area contributed by atoms with Gasteiger partial charge >= 0.3 is 12.0 Å². The fourth-order valence-corrected chi connectivity index (χ4v) is 2.01. The van der Waals surface area contributed by atoms with Crippen molar-refractivity contribution in [2.45, 2.75) is 18.9 Å². The predicted octanol–water partition coefficient (Wildman–Crippen LogP) is -0.0474. The predicted molar refractivity (Wildman–Crippen MR) is 63.7 cm³/mol. The van der Waals surface area contributed by atoms with Gasteiger partial charge in [-0.25, -0.2) is 14.3 Å². The van der Waals surface area contributed by atoms with E-state index in [1.165, 1.54) is 23.7 Å². The smallest absolute Gasteiger partial charge is 0.358 e. The normalized spacial score (nSPS) is 19.1. The number of aromatic nitrogens is 3. The largest absolute Gasteiger partial charge is 0.476 e. The van der Waals surface area contributed by atoms with E-state index in [9.17, 15) is 9.59 Å². The second-order valence-electron chi connectivity index (χ2n) is 5.08. The van der Waals surface area contributed by atoms with Gasteiger partial charge in [-0.3, -0.25) is 0 Å². The summed E-state index contributed by atoms with van der Waals surface area (Å²) in [5.74, 6) is -0.431. The number of nitrogens with zero attached hydrogens (tertiary/aromatic N) is 4. The Bertz CT molecular complexity index is 504. The first-order valence-electron chi connectivity index (χ1n) is 6.31. The summed E-state index contributed by atoms with van der Waals surface area (Å²) < 4.78 is 1.51. The summed E-state index contributed by atoms with van der Waals surface area (Å²) in [5.41, 5.74) is -0.0726. The van der Waals surface area contributed by atoms with Gasteiger partial charge in [0.1, 0.15) is 0 Å². The maximum Gasteiger partial charge on any atom is 0.358 e. The Balaban J connectivity index is 1.48. The van der Waals surface area contributed by atoms with Gasteiger partial charge in [-0.2, -0.15) is 0 Å². The highest BCUT2D eigenvalue weighted by molar-refractivity contribution is 5.84. The van der Waals surface area contributed by atoms with Crippen molar-refractivity contribution in [3.8, 4) is 0 Å². The van der Waals surface area contributed by atoms with Gasteiger partial charge in [-0.1, -0.05) is 5.21 Å². The summed E-state index contributed by atoms with van der Waals surface area (Å²) >= 11 is 0. The number of carbonyl (C=O) groups excluding carboxylic acids is 1.